The third-order valence-corrected chi connectivity index (χ3v) is 6.51. The first-order valence-electron chi connectivity index (χ1n) is 9.22. The Hall–Kier alpha value is -1.88. The number of nitrogens with one attached hydrogen (secondary N) is 1. The number of aromatic amines is 1. The molecule has 25 heavy (non-hydrogen) atoms. The molecule has 4 rings (SSSR count). The van der Waals surface area contributed by atoms with Crippen molar-refractivity contribution >= 4 is 16.8 Å². The third kappa shape index (κ3) is 2.48. The monoisotopic (exact) mass is 343 g/mol. The van der Waals surface area contributed by atoms with E-state index in [0.717, 1.165) is 55.2 Å². The van der Waals surface area contributed by atoms with E-state index in [1.807, 2.05) is 6.92 Å². The van der Waals surface area contributed by atoms with E-state index >= 15 is 0 Å². The summed E-state index contributed by atoms with van der Waals surface area (Å²) in [6.45, 7) is 6.10. The molecule has 1 amide bonds. The zero-order valence-corrected chi connectivity index (χ0v) is 15.2. The van der Waals surface area contributed by atoms with Crippen molar-refractivity contribution in [3.63, 3.8) is 0 Å². The van der Waals surface area contributed by atoms with Gasteiger partial charge in [-0.25, -0.2) is 4.39 Å². The summed E-state index contributed by atoms with van der Waals surface area (Å²) in [6, 6.07) is 4.89. The van der Waals surface area contributed by atoms with Gasteiger partial charge in [0.05, 0.1) is 6.04 Å². The number of hydrogen-bond donors (Lipinski definition) is 1. The molecule has 3 heterocycles. The molecule has 0 unspecified atom stereocenters. The zero-order chi connectivity index (χ0) is 17.8. The van der Waals surface area contributed by atoms with Gasteiger partial charge >= 0.3 is 0 Å². The number of aromatic nitrogens is 1. The molecule has 134 valence electrons. The number of rotatable bonds is 1. The number of aryl methyl sites for hydroxylation is 1. The summed E-state index contributed by atoms with van der Waals surface area (Å²) in [7, 11) is 2.18. The van der Waals surface area contributed by atoms with Crippen LogP contribution in [0.2, 0.25) is 0 Å². The lowest BCUT2D eigenvalue weighted by molar-refractivity contribution is -0.0349. The maximum absolute atomic E-state index is 13.6. The topological polar surface area (TPSA) is 39.3 Å². The number of hydrogen-bond acceptors (Lipinski definition) is 2. The van der Waals surface area contributed by atoms with Gasteiger partial charge < -0.3 is 9.88 Å². The van der Waals surface area contributed by atoms with Crippen molar-refractivity contribution in [3.8, 4) is 0 Å². The molecular weight excluding hydrogens is 317 g/mol. The lowest BCUT2D eigenvalue weighted by Gasteiger charge is -2.55. The molecule has 4 nitrogen and oxygen atoms in total. The fourth-order valence-electron chi connectivity index (χ4n) is 4.85. The van der Waals surface area contributed by atoms with E-state index in [9.17, 15) is 9.18 Å². The Bertz CT molecular complexity index is 830. The van der Waals surface area contributed by atoms with Gasteiger partial charge in [-0.05, 0) is 76.9 Å². The van der Waals surface area contributed by atoms with Crippen LogP contribution in [0.15, 0.2) is 18.2 Å². The van der Waals surface area contributed by atoms with Crippen LogP contribution in [0, 0.1) is 12.7 Å². The number of carbonyl (C=O) groups is 1. The van der Waals surface area contributed by atoms with E-state index in [0.29, 0.717) is 5.69 Å². The highest BCUT2D eigenvalue weighted by Crippen LogP contribution is 2.39. The first kappa shape index (κ1) is 16.6. The summed E-state index contributed by atoms with van der Waals surface area (Å²) in [6.07, 6.45) is 4.34. The molecule has 2 aromatic rings. The molecule has 0 bridgehead atoms. The second-order valence-electron chi connectivity index (χ2n) is 7.85. The van der Waals surface area contributed by atoms with Gasteiger partial charge in [0.1, 0.15) is 11.5 Å². The van der Waals surface area contributed by atoms with Crippen LogP contribution in [0.4, 0.5) is 4.39 Å². The number of fused-ring (bicyclic) bond motifs is 2. The summed E-state index contributed by atoms with van der Waals surface area (Å²) in [5, 5.41) is 0.795. The highest BCUT2D eigenvalue weighted by molar-refractivity contribution is 6.01. The predicted molar refractivity (Wildman–Crippen MR) is 97.3 cm³/mol. The van der Waals surface area contributed by atoms with E-state index in [4.69, 9.17) is 0 Å². The number of amides is 1. The van der Waals surface area contributed by atoms with Gasteiger partial charge in [0.25, 0.3) is 5.91 Å². The molecule has 2 fully saturated rings. The van der Waals surface area contributed by atoms with E-state index in [1.54, 1.807) is 6.07 Å². The number of halogens is 1. The molecule has 0 spiro atoms. The second kappa shape index (κ2) is 5.84. The second-order valence-corrected chi connectivity index (χ2v) is 7.85. The number of piperidine rings is 2. The zero-order valence-electron chi connectivity index (χ0n) is 15.2. The average Bonchev–Trinajstić information content (AvgIpc) is 2.91. The van der Waals surface area contributed by atoms with Crippen LogP contribution in [0.1, 0.15) is 48.7 Å². The molecule has 0 saturated carbocycles. The van der Waals surface area contributed by atoms with Gasteiger partial charge in [0, 0.05) is 23.0 Å². The molecule has 0 radical (unpaired) electrons. The van der Waals surface area contributed by atoms with Crippen molar-refractivity contribution in [1.82, 2.24) is 14.8 Å². The van der Waals surface area contributed by atoms with Crippen LogP contribution in [-0.4, -0.2) is 52.4 Å². The highest BCUT2D eigenvalue weighted by atomic mass is 19.1. The standard InChI is InChI=1S/C20H26FN3O/c1-13-15-12-14(21)7-8-16(15)22-18(13)19(25)24-11-5-9-20(2)17(24)6-4-10-23(20)3/h7-8,12,17,22H,4-6,9-11H2,1-3H3/t17-,20-/m0/s1. The first-order valence-corrected chi connectivity index (χ1v) is 9.22. The number of benzene rings is 1. The average molecular weight is 343 g/mol. The van der Waals surface area contributed by atoms with Crippen LogP contribution >= 0.6 is 0 Å². The quantitative estimate of drug-likeness (QED) is 0.857. The largest absolute Gasteiger partial charge is 0.350 e. The van der Waals surface area contributed by atoms with Gasteiger partial charge in [-0.2, -0.15) is 0 Å². The number of H-pyrrole nitrogens is 1. The van der Waals surface area contributed by atoms with Crippen molar-refractivity contribution in [1.29, 1.82) is 0 Å². The Morgan fingerprint density at radius 3 is 2.92 bits per heavy atom. The summed E-state index contributed by atoms with van der Waals surface area (Å²) >= 11 is 0. The lowest BCUT2D eigenvalue weighted by Crippen LogP contribution is -2.66. The minimum Gasteiger partial charge on any atom is -0.350 e. The molecular formula is C20H26FN3O. The summed E-state index contributed by atoms with van der Waals surface area (Å²) in [4.78, 5) is 21.1. The van der Waals surface area contributed by atoms with Crippen molar-refractivity contribution in [3.05, 3.63) is 35.3 Å². The SMILES string of the molecule is Cc1c(C(=O)N2CCC[C@@]3(C)[C@@H]2CCCN3C)[nH]c2ccc(F)cc12. The Balaban J connectivity index is 1.72. The Kier molecular flexibility index (Phi) is 3.87. The number of likely N-dealkylation sites (N-methyl/N-ethyl adjacent to an activating group) is 1. The summed E-state index contributed by atoms with van der Waals surface area (Å²) in [5.41, 5.74) is 2.33. The molecule has 1 N–H and O–H groups in total. The Morgan fingerprint density at radius 1 is 1.32 bits per heavy atom. The molecule has 1 aromatic heterocycles. The molecule has 0 aliphatic carbocycles. The fraction of sp³-hybridized carbons (Fsp3) is 0.550. The lowest BCUT2D eigenvalue weighted by atomic mass is 9.76. The Morgan fingerprint density at radius 2 is 2.12 bits per heavy atom. The van der Waals surface area contributed by atoms with E-state index < -0.39 is 0 Å². The van der Waals surface area contributed by atoms with Gasteiger partial charge in [0.15, 0.2) is 0 Å². The summed E-state index contributed by atoms with van der Waals surface area (Å²) in [5.74, 6) is -0.214. The van der Waals surface area contributed by atoms with Gasteiger partial charge in [-0.3, -0.25) is 9.69 Å². The van der Waals surface area contributed by atoms with Crippen LogP contribution in [0.3, 0.4) is 0 Å². The maximum atomic E-state index is 13.6. The van der Waals surface area contributed by atoms with Gasteiger partial charge in [-0.15, -0.1) is 0 Å². The van der Waals surface area contributed by atoms with E-state index in [-0.39, 0.29) is 23.3 Å². The number of nitrogens with zero attached hydrogens (tertiary/aromatic N) is 2. The van der Waals surface area contributed by atoms with E-state index in [2.05, 4.69) is 28.8 Å². The van der Waals surface area contributed by atoms with Crippen LogP contribution in [0.25, 0.3) is 10.9 Å². The molecule has 2 aliphatic heterocycles. The van der Waals surface area contributed by atoms with Crippen molar-refractivity contribution in [2.75, 3.05) is 20.1 Å². The molecule has 2 aliphatic rings. The first-order chi connectivity index (χ1) is 11.9. The molecule has 2 saturated heterocycles. The van der Waals surface area contributed by atoms with Crippen LogP contribution in [-0.2, 0) is 0 Å². The summed E-state index contributed by atoms with van der Waals surface area (Å²) < 4.78 is 13.6. The van der Waals surface area contributed by atoms with Gasteiger partial charge in [-0.1, -0.05) is 0 Å². The van der Waals surface area contributed by atoms with Crippen molar-refractivity contribution in [2.45, 2.75) is 51.1 Å². The molecule has 2 atom stereocenters. The van der Waals surface area contributed by atoms with Crippen LogP contribution in [0.5, 0.6) is 0 Å². The normalized spacial score (nSPS) is 27.5. The highest BCUT2D eigenvalue weighted by Gasteiger charge is 2.47. The minimum atomic E-state index is -0.270. The number of likely N-dealkylation sites (tertiary alicyclic amines) is 2. The molecule has 1 aromatic carbocycles. The molecule has 5 heteroatoms. The fourth-order valence-corrected chi connectivity index (χ4v) is 4.85. The van der Waals surface area contributed by atoms with Crippen molar-refractivity contribution < 1.29 is 9.18 Å². The van der Waals surface area contributed by atoms with Gasteiger partial charge in [0.2, 0.25) is 0 Å². The smallest absolute Gasteiger partial charge is 0.270 e. The predicted octanol–water partition coefficient (Wildman–Crippen LogP) is 3.70. The van der Waals surface area contributed by atoms with E-state index in [1.165, 1.54) is 12.1 Å². The number of carbonyl (C=O) groups excluding carboxylic acids is 1. The third-order valence-electron chi connectivity index (χ3n) is 6.51. The van der Waals surface area contributed by atoms with Crippen molar-refractivity contribution in [2.24, 2.45) is 0 Å². The van der Waals surface area contributed by atoms with Crippen LogP contribution < -0.4 is 0 Å². The Labute approximate surface area is 148 Å². The minimum absolute atomic E-state index is 0.0538. The maximum Gasteiger partial charge on any atom is 0.270 e.